The van der Waals surface area contributed by atoms with Gasteiger partial charge in [0.25, 0.3) is 0 Å². The molecule has 2 aromatic heterocycles. The van der Waals surface area contributed by atoms with Crippen molar-refractivity contribution in [3.8, 4) is 11.6 Å². The first-order valence-corrected chi connectivity index (χ1v) is 6.69. The standard InChI is InChI=1S/C12H16N4OS/c1-4-9(2)18-12-15-14-8-16(12)10-5-6-11(17-3)13-7-10/h5-9H,4H2,1-3H3/t9-/m0/s1. The SMILES string of the molecule is CC[C@H](C)Sc1nncn1-c1ccc(OC)nc1. The highest BCUT2D eigenvalue weighted by Gasteiger charge is 2.10. The molecule has 0 fully saturated rings. The summed E-state index contributed by atoms with van der Waals surface area (Å²) in [6.07, 6.45) is 4.55. The molecule has 0 bridgehead atoms. The fourth-order valence-corrected chi connectivity index (χ4v) is 2.27. The largest absolute Gasteiger partial charge is 0.481 e. The zero-order valence-electron chi connectivity index (χ0n) is 10.7. The molecule has 0 amide bonds. The van der Waals surface area contributed by atoms with E-state index in [0.29, 0.717) is 11.1 Å². The third-order valence-corrected chi connectivity index (χ3v) is 3.83. The molecule has 2 rings (SSSR count). The number of methoxy groups -OCH3 is 1. The van der Waals surface area contributed by atoms with Crippen LogP contribution in [0.4, 0.5) is 0 Å². The van der Waals surface area contributed by atoms with E-state index in [1.54, 1.807) is 31.4 Å². The van der Waals surface area contributed by atoms with Crippen molar-refractivity contribution in [2.45, 2.75) is 30.7 Å². The molecule has 0 aromatic carbocycles. The number of hydrogen-bond donors (Lipinski definition) is 0. The zero-order chi connectivity index (χ0) is 13.0. The maximum Gasteiger partial charge on any atom is 0.213 e. The van der Waals surface area contributed by atoms with Crippen LogP contribution < -0.4 is 4.74 Å². The molecular weight excluding hydrogens is 248 g/mol. The molecule has 5 nitrogen and oxygen atoms in total. The van der Waals surface area contributed by atoms with Crippen LogP contribution in [-0.2, 0) is 0 Å². The van der Waals surface area contributed by atoms with Crippen LogP contribution in [0.2, 0.25) is 0 Å². The Morgan fingerprint density at radius 2 is 2.28 bits per heavy atom. The molecule has 0 unspecified atom stereocenters. The first-order valence-electron chi connectivity index (χ1n) is 5.81. The van der Waals surface area contributed by atoms with Crippen LogP contribution in [0.1, 0.15) is 20.3 Å². The van der Waals surface area contributed by atoms with Crippen molar-refractivity contribution in [2.75, 3.05) is 7.11 Å². The molecule has 18 heavy (non-hydrogen) atoms. The second-order valence-electron chi connectivity index (χ2n) is 3.88. The van der Waals surface area contributed by atoms with Gasteiger partial charge < -0.3 is 4.74 Å². The molecule has 1 atom stereocenters. The highest BCUT2D eigenvalue weighted by atomic mass is 32.2. The number of rotatable bonds is 5. The van der Waals surface area contributed by atoms with Crippen LogP contribution in [0.25, 0.3) is 5.69 Å². The number of hydrogen-bond acceptors (Lipinski definition) is 5. The van der Waals surface area contributed by atoms with E-state index >= 15 is 0 Å². The average molecular weight is 264 g/mol. The highest BCUT2D eigenvalue weighted by Crippen LogP contribution is 2.25. The second kappa shape index (κ2) is 5.86. The summed E-state index contributed by atoms with van der Waals surface area (Å²) in [6, 6.07) is 3.77. The van der Waals surface area contributed by atoms with Crippen molar-refractivity contribution in [1.29, 1.82) is 0 Å². The Morgan fingerprint density at radius 3 is 2.89 bits per heavy atom. The predicted octanol–water partition coefficient (Wildman–Crippen LogP) is 2.56. The van der Waals surface area contributed by atoms with Crippen LogP contribution in [0.3, 0.4) is 0 Å². The molecule has 0 N–H and O–H groups in total. The Labute approximate surface area is 111 Å². The summed E-state index contributed by atoms with van der Waals surface area (Å²) < 4.78 is 6.98. The van der Waals surface area contributed by atoms with Gasteiger partial charge in [0, 0.05) is 11.3 Å². The van der Waals surface area contributed by atoms with E-state index in [4.69, 9.17) is 4.74 Å². The molecule has 96 valence electrons. The Hall–Kier alpha value is -1.56. The van der Waals surface area contributed by atoms with Gasteiger partial charge in [-0.1, -0.05) is 25.6 Å². The summed E-state index contributed by atoms with van der Waals surface area (Å²) in [6.45, 7) is 4.34. The van der Waals surface area contributed by atoms with Crippen molar-refractivity contribution in [3.63, 3.8) is 0 Å². The van der Waals surface area contributed by atoms with Gasteiger partial charge in [0.05, 0.1) is 19.0 Å². The lowest BCUT2D eigenvalue weighted by Crippen LogP contribution is -2.00. The molecule has 0 spiro atoms. The maximum absolute atomic E-state index is 5.04. The van der Waals surface area contributed by atoms with Crippen LogP contribution in [-0.4, -0.2) is 32.1 Å². The minimum Gasteiger partial charge on any atom is -0.481 e. The summed E-state index contributed by atoms with van der Waals surface area (Å²) >= 11 is 1.71. The van der Waals surface area contributed by atoms with Crippen molar-refractivity contribution >= 4 is 11.8 Å². The van der Waals surface area contributed by atoms with Gasteiger partial charge in [-0.2, -0.15) is 0 Å². The highest BCUT2D eigenvalue weighted by molar-refractivity contribution is 7.99. The lowest BCUT2D eigenvalue weighted by molar-refractivity contribution is 0.397. The average Bonchev–Trinajstić information content (AvgIpc) is 2.86. The van der Waals surface area contributed by atoms with Crippen molar-refractivity contribution < 1.29 is 4.74 Å². The Kier molecular flexibility index (Phi) is 4.19. The van der Waals surface area contributed by atoms with Gasteiger partial charge in [0.15, 0.2) is 5.16 Å². The lowest BCUT2D eigenvalue weighted by atomic mass is 10.4. The van der Waals surface area contributed by atoms with Crippen LogP contribution in [0.15, 0.2) is 29.8 Å². The van der Waals surface area contributed by atoms with Crippen molar-refractivity contribution in [3.05, 3.63) is 24.7 Å². The van der Waals surface area contributed by atoms with Gasteiger partial charge in [-0.25, -0.2) is 4.98 Å². The van der Waals surface area contributed by atoms with Gasteiger partial charge in [-0.05, 0) is 12.5 Å². The monoisotopic (exact) mass is 264 g/mol. The number of ether oxygens (including phenoxy) is 1. The molecule has 2 heterocycles. The Balaban J connectivity index is 2.24. The molecule has 0 aliphatic carbocycles. The van der Waals surface area contributed by atoms with Gasteiger partial charge in [-0.15, -0.1) is 10.2 Å². The van der Waals surface area contributed by atoms with E-state index in [2.05, 4.69) is 29.0 Å². The summed E-state index contributed by atoms with van der Waals surface area (Å²) in [5.41, 5.74) is 0.937. The van der Waals surface area contributed by atoms with Crippen LogP contribution in [0, 0.1) is 0 Å². The molecule has 2 aromatic rings. The zero-order valence-corrected chi connectivity index (χ0v) is 11.5. The van der Waals surface area contributed by atoms with E-state index in [9.17, 15) is 0 Å². The third kappa shape index (κ3) is 2.81. The van der Waals surface area contributed by atoms with Crippen LogP contribution >= 0.6 is 11.8 Å². The number of aromatic nitrogens is 4. The maximum atomic E-state index is 5.04. The van der Waals surface area contributed by atoms with Gasteiger partial charge in [0.2, 0.25) is 5.88 Å². The normalized spacial score (nSPS) is 12.4. The van der Waals surface area contributed by atoms with Gasteiger partial charge in [-0.3, -0.25) is 4.57 Å². The van der Waals surface area contributed by atoms with E-state index in [1.807, 2.05) is 16.7 Å². The third-order valence-electron chi connectivity index (χ3n) is 2.61. The topological polar surface area (TPSA) is 52.8 Å². The summed E-state index contributed by atoms with van der Waals surface area (Å²) in [4.78, 5) is 4.19. The fraction of sp³-hybridized carbons (Fsp3) is 0.417. The minimum atomic E-state index is 0.513. The second-order valence-corrected chi connectivity index (χ2v) is 5.28. The quantitative estimate of drug-likeness (QED) is 0.777. The Morgan fingerprint density at radius 1 is 1.44 bits per heavy atom. The fourth-order valence-electron chi connectivity index (χ4n) is 1.38. The van der Waals surface area contributed by atoms with E-state index in [1.165, 1.54) is 0 Å². The first-order chi connectivity index (χ1) is 8.74. The van der Waals surface area contributed by atoms with Gasteiger partial charge >= 0.3 is 0 Å². The molecule has 6 heteroatoms. The molecule has 0 aliphatic rings. The molecule has 0 saturated heterocycles. The predicted molar refractivity (Wildman–Crippen MR) is 71.3 cm³/mol. The number of thioether (sulfide) groups is 1. The summed E-state index contributed by atoms with van der Waals surface area (Å²) in [5, 5.41) is 9.50. The molecule has 0 radical (unpaired) electrons. The number of pyridine rings is 1. The Bertz CT molecular complexity index is 497. The van der Waals surface area contributed by atoms with Crippen LogP contribution in [0.5, 0.6) is 5.88 Å². The van der Waals surface area contributed by atoms with E-state index in [-0.39, 0.29) is 0 Å². The van der Waals surface area contributed by atoms with Crippen molar-refractivity contribution in [2.24, 2.45) is 0 Å². The lowest BCUT2D eigenvalue weighted by Gasteiger charge is -2.09. The summed E-state index contributed by atoms with van der Waals surface area (Å²) in [5.74, 6) is 0.600. The van der Waals surface area contributed by atoms with Gasteiger partial charge in [0.1, 0.15) is 6.33 Å². The molecule has 0 aliphatic heterocycles. The first kappa shape index (κ1) is 12.9. The smallest absolute Gasteiger partial charge is 0.213 e. The van der Waals surface area contributed by atoms with E-state index < -0.39 is 0 Å². The number of nitrogens with zero attached hydrogens (tertiary/aromatic N) is 4. The molecular formula is C12H16N4OS. The summed E-state index contributed by atoms with van der Waals surface area (Å²) in [7, 11) is 1.60. The minimum absolute atomic E-state index is 0.513. The van der Waals surface area contributed by atoms with Crippen molar-refractivity contribution in [1.82, 2.24) is 19.7 Å². The molecule has 0 saturated carbocycles. The van der Waals surface area contributed by atoms with E-state index in [0.717, 1.165) is 17.3 Å².